The topological polar surface area (TPSA) is 32.3 Å². The Morgan fingerprint density at radius 2 is 1.92 bits per heavy atom. The Kier molecular flexibility index (Phi) is 3.85. The molecule has 0 aliphatic carbocycles. The summed E-state index contributed by atoms with van der Waals surface area (Å²) in [7, 11) is 0. The Morgan fingerprint density at radius 1 is 1.19 bits per heavy atom. The maximum Gasteiger partial charge on any atom is 0.223 e. The largest absolute Gasteiger partial charge is 0.344 e. The highest BCUT2D eigenvalue weighted by Crippen LogP contribution is 2.52. The Bertz CT molecular complexity index is 907. The number of fused-ring (bicyclic) bond motifs is 3. The molecule has 134 valence electrons. The molecule has 2 heterocycles. The average Bonchev–Trinajstić information content (AvgIpc) is 2.79. The molecule has 2 aromatic carbocycles. The van der Waals surface area contributed by atoms with Crippen molar-refractivity contribution in [2.24, 2.45) is 0 Å². The number of nitrogens with zero attached hydrogens (tertiary/aromatic N) is 1. The number of amides is 1. The number of hydrogen-bond acceptors (Lipinski definition) is 2. The highest BCUT2D eigenvalue weighted by molar-refractivity contribution is 6.30. The summed E-state index contributed by atoms with van der Waals surface area (Å²) in [4.78, 5) is 14.5. The molecular weight excluding hydrogens is 351 g/mol. The highest BCUT2D eigenvalue weighted by Gasteiger charge is 2.57. The normalized spacial score (nSPS) is 23.7. The van der Waals surface area contributed by atoms with Gasteiger partial charge in [-0.1, -0.05) is 43.7 Å². The Balaban J connectivity index is 1.84. The second kappa shape index (κ2) is 5.85. The number of carbonyl (C=O) groups excluding carboxylic acids is 1. The summed E-state index contributed by atoms with van der Waals surface area (Å²) in [6.07, 6.45) is 4.42. The van der Waals surface area contributed by atoms with Crippen molar-refractivity contribution in [3.63, 3.8) is 0 Å². The van der Waals surface area contributed by atoms with Crippen molar-refractivity contribution >= 4 is 29.3 Å². The quantitative estimate of drug-likeness (QED) is 0.843. The molecule has 1 amide bonds. The Morgan fingerprint density at radius 3 is 2.65 bits per heavy atom. The van der Waals surface area contributed by atoms with E-state index in [1.54, 1.807) is 6.07 Å². The Hall–Kier alpha value is -2.33. The van der Waals surface area contributed by atoms with Gasteiger partial charge in [-0.25, -0.2) is 4.39 Å². The SMILES string of the molecule is CC1(C)c2cc(F)ccc2N2CCC(=O)NC21/C=C/c1ccc(Cl)cc1. The number of nitrogens with one attached hydrogen (secondary N) is 1. The molecule has 3 nitrogen and oxygen atoms in total. The number of halogens is 2. The number of rotatable bonds is 2. The standard InChI is InChI=1S/C21H20ClFN2O/c1-20(2)17-13-16(23)7-8-18(17)25-12-10-19(26)24-21(20,25)11-9-14-3-5-15(22)6-4-14/h3-9,11,13H,10,12H2,1-2H3,(H,24,26)/b11-9+. The van der Waals surface area contributed by atoms with E-state index in [4.69, 9.17) is 11.6 Å². The molecule has 1 N–H and O–H groups in total. The summed E-state index contributed by atoms with van der Waals surface area (Å²) in [5, 5.41) is 3.86. The molecule has 1 atom stereocenters. The first kappa shape index (κ1) is 17.1. The average molecular weight is 371 g/mol. The van der Waals surface area contributed by atoms with E-state index < -0.39 is 11.1 Å². The fourth-order valence-corrected chi connectivity index (χ4v) is 4.24. The molecule has 0 saturated carbocycles. The van der Waals surface area contributed by atoms with Gasteiger partial charge in [-0.2, -0.15) is 0 Å². The van der Waals surface area contributed by atoms with Crippen molar-refractivity contribution in [3.05, 3.63) is 70.5 Å². The van der Waals surface area contributed by atoms with E-state index in [0.29, 0.717) is 18.0 Å². The minimum Gasteiger partial charge on any atom is -0.344 e. The summed E-state index contributed by atoms with van der Waals surface area (Å²) >= 11 is 5.96. The van der Waals surface area contributed by atoms with Crippen molar-refractivity contribution in [3.8, 4) is 0 Å². The molecule has 1 saturated heterocycles. The van der Waals surface area contributed by atoms with E-state index in [1.807, 2.05) is 56.3 Å². The van der Waals surface area contributed by atoms with Gasteiger partial charge in [-0.3, -0.25) is 4.79 Å². The molecule has 0 radical (unpaired) electrons. The lowest BCUT2D eigenvalue weighted by Crippen LogP contribution is -2.68. The lowest BCUT2D eigenvalue weighted by atomic mass is 9.74. The molecule has 1 fully saturated rings. The fraction of sp³-hybridized carbons (Fsp3) is 0.286. The molecule has 0 bridgehead atoms. The van der Waals surface area contributed by atoms with Gasteiger partial charge in [0.15, 0.2) is 0 Å². The van der Waals surface area contributed by atoms with E-state index in [2.05, 4.69) is 10.2 Å². The highest BCUT2D eigenvalue weighted by atomic mass is 35.5. The first-order valence-electron chi connectivity index (χ1n) is 8.67. The van der Waals surface area contributed by atoms with E-state index in [-0.39, 0.29) is 11.7 Å². The minimum absolute atomic E-state index is 0.00311. The zero-order valence-electron chi connectivity index (χ0n) is 14.7. The molecule has 2 aliphatic rings. The number of hydrogen-bond donors (Lipinski definition) is 1. The van der Waals surface area contributed by atoms with Gasteiger partial charge >= 0.3 is 0 Å². The molecular formula is C21H20ClFN2O. The maximum absolute atomic E-state index is 13.9. The molecule has 2 aliphatic heterocycles. The van der Waals surface area contributed by atoms with Crippen LogP contribution in [0, 0.1) is 5.82 Å². The van der Waals surface area contributed by atoms with Gasteiger partial charge in [0, 0.05) is 29.1 Å². The molecule has 4 rings (SSSR count). The lowest BCUT2D eigenvalue weighted by Gasteiger charge is -2.49. The summed E-state index contributed by atoms with van der Waals surface area (Å²) in [6.45, 7) is 4.69. The van der Waals surface area contributed by atoms with Gasteiger partial charge in [0.1, 0.15) is 11.5 Å². The third-order valence-corrected chi connectivity index (χ3v) is 5.83. The first-order chi connectivity index (χ1) is 12.3. The van der Waals surface area contributed by atoms with Gasteiger partial charge < -0.3 is 10.2 Å². The fourth-order valence-electron chi connectivity index (χ4n) is 4.12. The van der Waals surface area contributed by atoms with Crippen LogP contribution in [0.2, 0.25) is 5.02 Å². The van der Waals surface area contributed by atoms with E-state index in [1.165, 1.54) is 6.07 Å². The van der Waals surface area contributed by atoms with Crippen molar-refractivity contribution in [2.45, 2.75) is 31.3 Å². The van der Waals surface area contributed by atoms with Gasteiger partial charge in [-0.05, 0) is 47.5 Å². The van der Waals surface area contributed by atoms with E-state index in [9.17, 15) is 9.18 Å². The summed E-state index contributed by atoms with van der Waals surface area (Å²) in [5.41, 5.74) is 1.63. The lowest BCUT2D eigenvalue weighted by molar-refractivity contribution is -0.124. The number of benzene rings is 2. The first-order valence-corrected chi connectivity index (χ1v) is 9.05. The van der Waals surface area contributed by atoms with Crippen LogP contribution in [0.1, 0.15) is 31.4 Å². The monoisotopic (exact) mass is 370 g/mol. The maximum atomic E-state index is 13.9. The second-order valence-electron chi connectivity index (χ2n) is 7.39. The van der Waals surface area contributed by atoms with Crippen LogP contribution < -0.4 is 10.2 Å². The van der Waals surface area contributed by atoms with Crippen LogP contribution in [0.5, 0.6) is 0 Å². The predicted octanol–water partition coefficient (Wildman–Crippen LogP) is 4.51. The van der Waals surface area contributed by atoms with Crippen LogP contribution in [0.4, 0.5) is 10.1 Å². The minimum atomic E-state index is -0.738. The zero-order chi connectivity index (χ0) is 18.5. The van der Waals surface area contributed by atoms with Crippen LogP contribution in [0.25, 0.3) is 6.08 Å². The summed E-state index contributed by atoms with van der Waals surface area (Å²) < 4.78 is 13.9. The molecule has 1 unspecified atom stereocenters. The third-order valence-electron chi connectivity index (χ3n) is 5.58. The predicted molar refractivity (Wildman–Crippen MR) is 103 cm³/mol. The number of carbonyl (C=O) groups is 1. The van der Waals surface area contributed by atoms with E-state index >= 15 is 0 Å². The summed E-state index contributed by atoms with van der Waals surface area (Å²) in [6, 6.07) is 12.4. The smallest absolute Gasteiger partial charge is 0.223 e. The molecule has 0 spiro atoms. The number of anilines is 1. The van der Waals surface area contributed by atoms with Gasteiger partial charge in [0.2, 0.25) is 5.91 Å². The molecule has 0 aromatic heterocycles. The van der Waals surface area contributed by atoms with Crippen LogP contribution >= 0.6 is 11.6 Å². The van der Waals surface area contributed by atoms with Crippen molar-refractivity contribution in [1.82, 2.24) is 5.32 Å². The Labute approximate surface area is 157 Å². The van der Waals surface area contributed by atoms with Crippen LogP contribution in [0.3, 0.4) is 0 Å². The second-order valence-corrected chi connectivity index (χ2v) is 7.82. The van der Waals surface area contributed by atoms with Gasteiger partial charge in [0.05, 0.1) is 0 Å². The van der Waals surface area contributed by atoms with Crippen molar-refractivity contribution in [2.75, 3.05) is 11.4 Å². The molecule has 2 aromatic rings. The van der Waals surface area contributed by atoms with Gasteiger partial charge in [0.25, 0.3) is 0 Å². The van der Waals surface area contributed by atoms with E-state index in [0.717, 1.165) is 16.8 Å². The van der Waals surface area contributed by atoms with Gasteiger partial charge in [-0.15, -0.1) is 0 Å². The van der Waals surface area contributed by atoms with Crippen molar-refractivity contribution in [1.29, 1.82) is 0 Å². The molecule has 26 heavy (non-hydrogen) atoms. The molecule has 5 heteroatoms. The summed E-state index contributed by atoms with van der Waals surface area (Å²) in [5.74, 6) is -0.261. The van der Waals surface area contributed by atoms with Crippen LogP contribution in [-0.4, -0.2) is 18.1 Å². The van der Waals surface area contributed by atoms with Crippen LogP contribution in [-0.2, 0) is 10.2 Å². The zero-order valence-corrected chi connectivity index (χ0v) is 15.5. The van der Waals surface area contributed by atoms with Crippen molar-refractivity contribution < 1.29 is 9.18 Å². The third kappa shape index (κ3) is 2.43. The van der Waals surface area contributed by atoms with Crippen LogP contribution in [0.15, 0.2) is 48.5 Å².